The smallest absolute Gasteiger partial charge is 0.317 e. The number of likely N-dealkylation sites (tertiary alicyclic amines) is 1. The van der Waals surface area contributed by atoms with Crippen LogP contribution in [0.2, 0.25) is 5.02 Å². The number of urea groups is 1. The summed E-state index contributed by atoms with van der Waals surface area (Å²) in [5, 5.41) is 6.37. The van der Waals surface area contributed by atoms with Crippen molar-refractivity contribution in [3.05, 3.63) is 35.2 Å². The van der Waals surface area contributed by atoms with Gasteiger partial charge in [-0.15, -0.1) is 0 Å². The normalized spacial score (nSPS) is 20.9. The number of nitrogens with one attached hydrogen (secondary N) is 2. The Morgan fingerprint density at radius 3 is 2.74 bits per heavy atom. The molecule has 0 saturated carbocycles. The highest BCUT2D eigenvalue weighted by Gasteiger charge is 2.53. The summed E-state index contributed by atoms with van der Waals surface area (Å²) in [7, 11) is 0. The third kappa shape index (κ3) is 3.46. The highest BCUT2D eigenvalue weighted by molar-refractivity contribution is 6.30. The number of hydrogen-bond donors (Lipinski definition) is 2. The highest BCUT2D eigenvalue weighted by Crippen LogP contribution is 2.35. The van der Waals surface area contributed by atoms with Crippen LogP contribution in [-0.2, 0) is 16.1 Å². The zero-order valence-corrected chi connectivity index (χ0v) is 16.0. The van der Waals surface area contributed by atoms with Crippen molar-refractivity contribution < 1.29 is 14.3 Å². The largest absolute Gasteiger partial charge is 0.340 e. The van der Waals surface area contributed by atoms with Crippen LogP contribution in [0.25, 0.3) is 5.65 Å². The van der Waals surface area contributed by atoms with Gasteiger partial charge in [-0.25, -0.2) is 9.78 Å². The zero-order valence-electron chi connectivity index (χ0n) is 15.3. The van der Waals surface area contributed by atoms with Crippen LogP contribution in [0, 0.1) is 0 Å². The topological polar surface area (TPSA) is 88.0 Å². The van der Waals surface area contributed by atoms with Crippen LogP contribution in [0.4, 0.5) is 4.79 Å². The molecule has 8 nitrogen and oxygen atoms in total. The SMILES string of the molecule is CC1(C)NC(=O)C2(CCN(C(=O)NCc3cn4cc(Cl)ccc4n3)CC2)O1. The van der Waals surface area contributed by atoms with Gasteiger partial charge < -0.3 is 24.7 Å². The monoisotopic (exact) mass is 391 g/mol. The van der Waals surface area contributed by atoms with Gasteiger partial charge >= 0.3 is 6.03 Å². The van der Waals surface area contributed by atoms with Crippen molar-refractivity contribution in [2.24, 2.45) is 0 Å². The number of nitrogens with zero attached hydrogens (tertiary/aromatic N) is 3. The predicted octanol–water partition coefficient (Wildman–Crippen LogP) is 1.91. The van der Waals surface area contributed by atoms with Crippen molar-refractivity contribution in [1.29, 1.82) is 0 Å². The standard InChI is InChI=1S/C18H22ClN5O3/c1-17(2)22-15(25)18(27-17)5-7-23(8-6-18)16(26)20-9-13-11-24-10-12(19)3-4-14(24)21-13/h3-4,10-11H,5-9H2,1-2H3,(H,20,26)(H,22,25). The number of imidazole rings is 1. The van der Waals surface area contributed by atoms with E-state index in [4.69, 9.17) is 16.3 Å². The molecule has 1 spiro atoms. The number of carbonyl (C=O) groups excluding carboxylic acids is 2. The Morgan fingerprint density at radius 2 is 2.07 bits per heavy atom. The maximum absolute atomic E-state index is 12.5. The molecule has 144 valence electrons. The number of ether oxygens (including phenoxy) is 1. The van der Waals surface area contributed by atoms with Crippen LogP contribution in [0.1, 0.15) is 32.4 Å². The number of carbonyl (C=O) groups is 2. The molecule has 2 N–H and O–H groups in total. The third-order valence-corrected chi connectivity index (χ3v) is 5.25. The van der Waals surface area contributed by atoms with Gasteiger partial charge in [0.05, 0.1) is 17.3 Å². The lowest BCUT2D eigenvalue weighted by Gasteiger charge is -2.37. The van der Waals surface area contributed by atoms with Crippen molar-refractivity contribution in [3.8, 4) is 0 Å². The minimum Gasteiger partial charge on any atom is -0.340 e. The lowest BCUT2D eigenvalue weighted by atomic mass is 9.91. The third-order valence-electron chi connectivity index (χ3n) is 5.02. The van der Waals surface area contributed by atoms with E-state index in [1.165, 1.54) is 0 Å². The summed E-state index contributed by atoms with van der Waals surface area (Å²) in [6.45, 7) is 4.93. The lowest BCUT2D eigenvalue weighted by Crippen LogP contribution is -2.53. The van der Waals surface area contributed by atoms with Crippen molar-refractivity contribution >= 4 is 29.2 Å². The minimum absolute atomic E-state index is 0.0871. The van der Waals surface area contributed by atoms with Gasteiger partial charge in [0.25, 0.3) is 5.91 Å². The summed E-state index contributed by atoms with van der Waals surface area (Å²) < 4.78 is 7.77. The number of hydrogen-bond acceptors (Lipinski definition) is 4. The molecule has 0 aromatic carbocycles. The second-order valence-electron chi connectivity index (χ2n) is 7.55. The van der Waals surface area contributed by atoms with E-state index in [0.29, 0.717) is 37.5 Å². The summed E-state index contributed by atoms with van der Waals surface area (Å²) in [4.78, 5) is 30.9. The molecule has 2 aromatic rings. The van der Waals surface area contributed by atoms with Crippen molar-refractivity contribution in [3.63, 3.8) is 0 Å². The molecule has 0 unspecified atom stereocenters. The van der Waals surface area contributed by atoms with Gasteiger partial charge in [-0.2, -0.15) is 0 Å². The van der Waals surface area contributed by atoms with Gasteiger partial charge in [0, 0.05) is 38.3 Å². The molecular formula is C18H22ClN5O3. The van der Waals surface area contributed by atoms with Crippen molar-refractivity contribution in [1.82, 2.24) is 24.9 Å². The van der Waals surface area contributed by atoms with Crippen molar-refractivity contribution in [2.75, 3.05) is 13.1 Å². The first-order valence-electron chi connectivity index (χ1n) is 8.95. The minimum atomic E-state index is -0.818. The van der Waals surface area contributed by atoms with Crippen LogP contribution in [0.15, 0.2) is 24.5 Å². The average molecular weight is 392 g/mol. The van der Waals surface area contributed by atoms with E-state index in [9.17, 15) is 9.59 Å². The van der Waals surface area contributed by atoms with E-state index >= 15 is 0 Å². The quantitative estimate of drug-likeness (QED) is 0.818. The van der Waals surface area contributed by atoms with E-state index in [0.717, 1.165) is 11.3 Å². The van der Waals surface area contributed by atoms with Gasteiger partial charge in [-0.1, -0.05) is 11.6 Å². The maximum atomic E-state index is 12.5. The van der Waals surface area contributed by atoms with Crippen LogP contribution in [0.5, 0.6) is 0 Å². The molecule has 2 fully saturated rings. The van der Waals surface area contributed by atoms with Gasteiger partial charge in [-0.3, -0.25) is 4.79 Å². The average Bonchev–Trinajstić information content (AvgIpc) is 3.10. The lowest BCUT2D eigenvalue weighted by molar-refractivity contribution is -0.145. The Morgan fingerprint density at radius 1 is 1.33 bits per heavy atom. The highest BCUT2D eigenvalue weighted by atomic mass is 35.5. The van der Waals surface area contributed by atoms with Gasteiger partial charge in [0.15, 0.2) is 5.60 Å². The fraction of sp³-hybridized carbons (Fsp3) is 0.500. The van der Waals surface area contributed by atoms with Crippen LogP contribution < -0.4 is 10.6 Å². The summed E-state index contributed by atoms with van der Waals surface area (Å²) in [6, 6.07) is 3.43. The van der Waals surface area contributed by atoms with Crippen LogP contribution >= 0.6 is 11.6 Å². The van der Waals surface area contributed by atoms with E-state index in [1.54, 1.807) is 17.2 Å². The number of pyridine rings is 1. The molecule has 0 aliphatic carbocycles. The molecule has 0 radical (unpaired) electrons. The molecule has 4 rings (SSSR count). The first-order valence-corrected chi connectivity index (χ1v) is 9.33. The Labute approximate surface area is 161 Å². The maximum Gasteiger partial charge on any atom is 0.317 e. The van der Waals surface area contributed by atoms with E-state index < -0.39 is 11.3 Å². The molecule has 3 amide bonds. The van der Waals surface area contributed by atoms with Crippen molar-refractivity contribution in [2.45, 2.75) is 44.6 Å². The van der Waals surface area contributed by atoms with E-state index in [-0.39, 0.29) is 11.9 Å². The first-order chi connectivity index (χ1) is 12.8. The number of rotatable bonds is 2. The summed E-state index contributed by atoms with van der Waals surface area (Å²) in [5.74, 6) is -0.0871. The molecule has 2 aliphatic heterocycles. The number of fused-ring (bicyclic) bond motifs is 1. The van der Waals surface area contributed by atoms with Gasteiger partial charge in [0.2, 0.25) is 0 Å². The molecule has 2 aromatic heterocycles. The Hall–Kier alpha value is -2.32. The number of piperidine rings is 1. The number of halogens is 1. The molecule has 4 heterocycles. The second-order valence-corrected chi connectivity index (χ2v) is 7.99. The predicted molar refractivity (Wildman–Crippen MR) is 99.3 cm³/mol. The Bertz CT molecular complexity index is 902. The van der Waals surface area contributed by atoms with Gasteiger partial charge in [-0.05, 0) is 26.0 Å². The zero-order chi connectivity index (χ0) is 19.2. The van der Waals surface area contributed by atoms with Gasteiger partial charge in [0.1, 0.15) is 11.4 Å². The van der Waals surface area contributed by atoms with Crippen LogP contribution in [0.3, 0.4) is 0 Å². The summed E-state index contributed by atoms with van der Waals surface area (Å²) in [5.41, 5.74) is 0.0456. The first kappa shape index (κ1) is 18.1. The summed E-state index contributed by atoms with van der Waals surface area (Å²) >= 11 is 5.97. The molecule has 0 bridgehead atoms. The Kier molecular flexibility index (Phi) is 4.27. The fourth-order valence-corrected chi connectivity index (χ4v) is 3.90. The Balaban J connectivity index is 1.34. The van der Waals surface area contributed by atoms with E-state index in [1.807, 2.05) is 30.5 Å². The fourth-order valence-electron chi connectivity index (χ4n) is 3.73. The number of amides is 3. The molecule has 2 saturated heterocycles. The summed E-state index contributed by atoms with van der Waals surface area (Å²) in [6.07, 6.45) is 4.59. The number of aromatic nitrogens is 2. The molecule has 2 aliphatic rings. The van der Waals surface area contributed by atoms with E-state index in [2.05, 4.69) is 15.6 Å². The molecule has 27 heavy (non-hydrogen) atoms. The molecule has 0 atom stereocenters. The van der Waals surface area contributed by atoms with Crippen LogP contribution in [-0.4, -0.2) is 50.6 Å². The second kappa shape index (κ2) is 6.38. The molecular weight excluding hydrogens is 370 g/mol. The molecule has 9 heteroatoms.